The molecule has 0 aliphatic heterocycles. The van der Waals surface area contributed by atoms with Crippen LogP contribution in [0.5, 0.6) is 0 Å². The lowest BCUT2D eigenvalue weighted by atomic mass is 9.98. The maximum absolute atomic E-state index is 2.37. The van der Waals surface area contributed by atoms with Crippen molar-refractivity contribution in [2.45, 2.75) is 32.1 Å². The second kappa shape index (κ2) is 9.67. The minimum absolute atomic E-state index is 0. The Labute approximate surface area is 175 Å². The van der Waals surface area contributed by atoms with Crippen LogP contribution in [0.2, 0.25) is 0 Å². The molecule has 0 spiro atoms. The van der Waals surface area contributed by atoms with Gasteiger partial charge < -0.3 is 0 Å². The van der Waals surface area contributed by atoms with E-state index in [0.717, 1.165) is 5.92 Å². The number of halogens is 1. The Kier molecular flexibility index (Phi) is 7.28. The van der Waals surface area contributed by atoms with Gasteiger partial charge in [0.15, 0.2) is 0 Å². The molecule has 0 aromatic heterocycles. The Balaban J connectivity index is 0.00000196. The van der Waals surface area contributed by atoms with Crippen molar-refractivity contribution in [1.29, 1.82) is 0 Å². The standard InChI is InChI=1S/C24H25P.HI/c1-3-14-22(15-4-1)25(23-16-5-2-6-17-23)24-18-10-9-13-21(24)19-20-11-7-8-12-20;/h1-6,9-10,13-18,20H,7-8,11-12,19H2;1H. The van der Waals surface area contributed by atoms with E-state index in [9.17, 15) is 0 Å². The third-order valence-electron chi connectivity index (χ3n) is 5.24. The maximum Gasteiger partial charge on any atom is -0.0119 e. The van der Waals surface area contributed by atoms with Gasteiger partial charge in [-0.2, -0.15) is 0 Å². The smallest absolute Gasteiger partial charge is 0.0119 e. The van der Waals surface area contributed by atoms with Gasteiger partial charge in [-0.1, -0.05) is 111 Å². The maximum atomic E-state index is 2.37. The summed E-state index contributed by atoms with van der Waals surface area (Å²) in [4.78, 5) is 0. The van der Waals surface area contributed by atoms with E-state index in [-0.39, 0.29) is 24.0 Å². The Bertz CT molecular complexity index is 755. The first-order chi connectivity index (χ1) is 12.4. The van der Waals surface area contributed by atoms with Crippen molar-refractivity contribution in [2.75, 3.05) is 0 Å². The fourth-order valence-corrected chi connectivity index (χ4v) is 6.49. The molecule has 0 nitrogen and oxygen atoms in total. The molecule has 0 atom stereocenters. The molecule has 0 radical (unpaired) electrons. The van der Waals surface area contributed by atoms with Crippen LogP contribution in [-0.4, -0.2) is 0 Å². The Morgan fingerprint density at radius 1 is 0.654 bits per heavy atom. The Morgan fingerprint density at radius 2 is 1.15 bits per heavy atom. The molecule has 26 heavy (non-hydrogen) atoms. The normalized spacial score (nSPS) is 14.3. The second-order valence-corrected chi connectivity index (χ2v) is 9.18. The predicted octanol–water partition coefficient (Wildman–Crippen LogP) is 5.80. The van der Waals surface area contributed by atoms with Gasteiger partial charge in [0.25, 0.3) is 0 Å². The first kappa shape index (κ1) is 19.6. The Morgan fingerprint density at radius 3 is 1.73 bits per heavy atom. The average Bonchev–Trinajstić information content (AvgIpc) is 3.18. The highest BCUT2D eigenvalue weighted by atomic mass is 127. The lowest BCUT2D eigenvalue weighted by molar-refractivity contribution is 0.548. The fraction of sp³-hybridized carbons (Fsp3) is 0.250. The van der Waals surface area contributed by atoms with Crippen molar-refractivity contribution in [3.8, 4) is 0 Å². The summed E-state index contributed by atoms with van der Waals surface area (Å²) in [6.45, 7) is 0. The number of rotatable bonds is 5. The van der Waals surface area contributed by atoms with Crippen LogP contribution in [0.3, 0.4) is 0 Å². The average molecular weight is 472 g/mol. The van der Waals surface area contributed by atoms with Gasteiger partial charge >= 0.3 is 0 Å². The summed E-state index contributed by atoms with van der Waals surface area (Å²) in [6, 6.07) is 31.3. The quantitative estimate of drug-likeness (QED) is 0.326. The largest absolute Gasteiger partial charge is 0.107 e. The minimum Gasteiger partial charge on any atom is -0.107 e. The molecular weight excluding hydrogens is 446 g/mol. The molecule has 0 amide bonds. The summed E-state index contributed by atoms with van der Waals surface area (Å²) >= 11 is 0. The molecule has 0 N–H and O–H groups in total. The van der Waals surface area contributed by atoms with E-state index in [2.05, 4.69) is 84.9 Å². The first-order valence-electron chi connectivity index (χ1n) is 9.40. The third-order valence-corrected chi connectivity index (χ3v) is 7.79. The lowest BCUT2D eigenvalue weighted by Crippen LogP contribution is -2.24. The summed E-state index contributed by atoms with van der Waals surface area (Å²) < 4.78 is 0. The summed E-state index contributed by atoms with van der Waals surface area (Å²) in [6.07, 6.45) is 6.89. The molecule has 1 aliphatic rings. The van der Waals surface area contributed by atoms with Crippen LogP contribution in [0, 0.1) is 5.92 Å². The van der Waals surface area contributed by atoms with Gasteiger partial charge in [0, 0.05) is 0 Å². The van der Waals surface area contributed by atoms with E-state index >= 15 is 0 Å². The molecule has 3 aromatic carbocycles. The van der Waals surface area contributed by atoms with Crippen LogP contribution in [-0.2, 0) is 6.42 Å². The van der Waals surface area contributed by atoms with Crippen molar-refractivity contribution in [3.05, 3.63) is 90.5 Å². The van der Waals surface area contributed by atoms with Gasteiger partial charge in [-0.05, 0) is 41.7 Å². The zero-order chi connectivity index (χ0) is 16.9. The van der Waals surface area contributed by atoms with Crippen molar-refractivity contribution in [3.63, 3.8) is 0 Å². The summed E-state index contributed by atoms with van der Waals surface area (Å²) in [7, 11) is -0.487. The highest BCUT2D eigenvalue weighted by Crippen LogP contribution is 2.36. The van der Waals surface area contributed by atoms with Crippen molar-refractivity contribution < 1.29 is 0 Å². The first-order valence-corrected chi connectivity index (χ1v) is 10.7. The number of hydrogen-bond donors (Lipinski definition) is 0. The zero-order valence-electron chi connectivity index (χ0n) is 15.1. The van der Waals surface area contributed by atoms with Crippen LogP contribution in [0.1, 0.15) is 31.2 Å². The minimum atomic E-state index is -0.487. The van der Waals surface area contributed by atoms with Gasteiger partial charge in [0.2, 0.25) is 0 Å². The molecule has 0 saturated heterocycles. The van der Waals surface area contributed by atoms with Crippen LogP contribution in [0.4, 0.5) is 0 Å². The molecule has 4 rings (SSSR count). The molecule has 0 unspecified atom stereocenters. The van der Waals surface area contributed by atoms with Gasteiger partial charge in [0.1, 0.15) is 0 Å². The highest BCUT2D eigenvalue weighted by Gasteiger charge is 2.22. The highest BCUT2D eigenvalue weighted by molar-refractivity contribution is 14.0. The SMILES string of the molecule is I.c1ccc(P(c2ccccc2)c2ccccc2CC2CCCC2)cc1. The summed E-state index contributed by atoms with van der Waals surface area (Å²) in [5.41, 5.74) is 1.56. The van der Waals surface area contributed by atoms with Crippen LogP contribution in [0.25, 0.3) is 0 Å². The van der Waals surface area contributed by atoms with E-state index in [1.54, 1.807) is 10.9 Å². The van der Waals surface area contributed by atoms with E-state index in [4.69, 9.17) is 0 Å². The van der Waals surface area contributed by atoms with E-state index < -0.39 is 7.92 Å². The van der Waals surface area contributed by atoms with Crippen LogP contribution < -0.4 is 15.9 Å². The van der Waals surface area contributed by atoms with Crippen LogP contribution in [0.15, 0.2) is 84.9 Å². The van der Waals surface area contributed by atoms with Gasteiger partial charge in [-0.25, -0.2) is 0 Å². The Hall–Kier alpha value is -1.18. The number of hydrogen-bond acceptors (Lipinski definition) is 0. The summed E-state index contributed by atoms with van der Waals surface area (Å²) in [5.74, 6) is 0.879. The van der Waals surface area contributed by atoms with Gasteiger partial charge in [-0.3, -0.25) is 0 Å². The predicted molar refractivity (Wildman–Crippen MR) is 126 cm³/mol. The molecule has 1 aliphatic carbocycles. The monoisotopic (exact) mass is 472 g/mol. The molecule has 1 saturated carbocycles. The molecular formula is C24H26IP. The lowest BCUT2D eigenvalue weighted by Gasteiger charge is -2.23. The van der Waals surface area contributed by atoms with Gasteiger partial charge in [0.05, 0.1) is 0 Å². The molecule has 134 valence electrons. The molecule has 0 bridgehead atoms. The van der Waals surface area contributed by atoms with Gasteiger partial charge in [-0.15, -0.1) is 24.0 Å². The zero-order valence-corrected chi connectivity index (χ0v) is 18.3. The van der Waals surface area contributed by atoms with E-state index in [1.807, 2.05) is 0 Å². The van der Waals surface area contributed by atoms with Crippen molar-refractivity contribution in [1.82, 2.24) is 0 Å². The van der Waals surface area contributed by atoms with E-state index in [1.165, 1.54) is 42.7 Å². The van der Waals surface area contributed by atoms with E-state index in [0.29, 0.717) is 0 Å². The third kappa shape index (κ3) is 4.56. The second-order valence-electron chi connectivity index (χ2n) is 6.99. The fourth-order valence-electron chi connectivity index (χ4n) is 4.01. The summed E-state index contributed by atoms with van der Waals surface area (Å²) in [5, 5.41) is 4.44. The number of benzene rings is 3. The molecule has 1 fully saturated rings. The molecule has 3 aromatic rings. The topological polar surface area (TPSA) is 0 Å². The van der Waals surface area contributed by atoms with Crippen molar-refractivity contribution >= 4 is 47.8 Å². The van der Waals surface area contributed by atoms with Crippen molar-refractivity contribution in [2.24, 2.45) is 5.92 Å². The molecule has 0 heterocycles. The molecule has 2 heteroatoms. The van der Waals surface area contributed by atoms with Crippen LogP contribution >= 0.6 is 31.9 Å².